The van der Waals surface area contributed by atoms with E-state index in [1.807, 2.05) is 19.1 Å². The number of amides is 4. The van der Waals surface area contributed by atoms with Crippen molar-refractivity contribution in [3.63, 3.8) is 0 Å². The summed E-state index contributed by atoms with van der Waals surface area (Å²) in [4.78, 5) is 49.9. The van der Waals surface area contributed by atoms with E-state index in [4.69, 9.17) is 4.74 Å². The number of anilines is 1. The first-order valence-electron chi connectivity index (χ1n) is 10.0. The third-order valence-electron chi connectivity index (χ3n) is 4.78. The molecule has 0 radical (unpaired) electrons. The first-order valence-corrected chi connectivity index (χ1v) is 10.8. The Morgan fingerprint density at radius 1 is 1.18 bits per heavy atom. The van der Waals surface area contributed by atoms with Gasteiger partial charge in [0.05, 0.1) is 7.11 Å². The molecular weight excluding hydrogens is 494 g/mol. The highest BCUT2D eigenvalue weighted by Crippen LogP contribution is 2.27. The maximum atomic E-state index is 12.8. The van der Waals surface area contributed by atoms with Gasteiger partial charge >= 0.3 is 12.0 Å². The zero-order valence-electron chi connectivity index (χ0n) is 18.0. The number of imide groups is 1. The highest BCUT2D eigenvalue weighted by molar-refractivity contribution is 9.10. The van der Waals surface area contributed by atoms with Crippen molar-refractivity contribution in [3.05, 3.63) is 63.8 Å². The third kappa shape index (κ3) is 5.98. The highest BCUT2D eigenvalue weighted by atomic mass is 79.9. The number of rotatable bonds is 8. The first kappa shape index (κ1) is 24.0. The maximum Gasteiger partial charge on any atom is 0.343 e. The molecule has 33 heavy (non-hydrogen) atoms. The van der Waals surface area contributed by atoms with Gasteiger partial charge < -0.3 is 20.1 Å². The van der Waals surface area contributed by atoms with Crippen LogP contribution in [0.1, 0.15) is 18.1 Å². The van der Waals surface area contributed by atoms with Gasteiger partial charge in [0, 0.05) is 15.7 Å². The zero-order chi connectivity index (χ0) is 24.0. The summed E-state index contributed by atoms with van der Waals surface area (Å²) in [6, 6.07) is 11.6. The monoisotopic (exact) mass is 515 g/mol. The molecule has 2 aromatic carbocycles. The summed E-state index contributed by atoms with van der Waals surface area (Å²) in [5.74, 6) is -1.41. The van der Waals surface area contributed by atoms with Gasteiger partial charge in [-0.2, -0.15) is 0 Å². The predicted molar refractivity (Wildman–Crippen MR) is 124 cm³/mol. The van der Waals surface area contributed by atoms with Crippen molar-refractivity contribution in [2.24, 2.45) is 0 Å². The van der Waals surface area contributed by atoms with E-state index in [0.717, 1.165) is 16.9 Å². The number of carbonyl (C=O) groups excluding carboxylic acids is 4. The molecule has 4 amide bonds. The van der Waals surface area contributed by atoms with Crippen molar-refractivity contribution in [3.8, 4) is 5.75 Å². The SMILES string of the molecule is CCc1ccccc1NC(=O)CN1C(=O)N/C(=C/c2cc(Br)ccc2OCC(=O)OC)C1=O. The van der Waals surface area contributed by atoms with Crippen molar-refractivity contribution < 1.29 is 28.7 Å². The Hall–Kier alpha value is -3.66. The van der Waals surface area contributed by atoms with Crippen molar-refractivity contribution >= 4 is 51.5 Å². The van der Waals surface area contributed by atoms with Gasteiger partial charge in [0.2, 0.25) is 5.91 Å². The summed E-state index contributed by atoms with van der Waals surface area (Å²) in [7, 11) is 1.24. The number of halogens is 1. The molecule has 2 aromatic rings. The summed E-state index contributed by atoms with van der Waals surface area (Å²) in [6.07, 6.45) is 2.14. The number of para-hydroxylation sites is 1. The van der Waals surface area contributed by atoms with Crippen LogP contribution in [0.25, 0.3) is 6.08 Å². The number of ether oxygens (including phenoxy) is 2. The van der Waals surface area contributed by atoms with Gasteiger partial charge in [0.15, 0.2) is 6.61 Å². The maximum absolute atomic E-state index is 12.8. The highest BCUT2D eigenvalue weighted by Gasteiger charge is 2.35. The molecule has 10 heteroatoms. The number of aryl methyl sites for hydroxylation is 1. The first-order chi connectivity index (χ1) is 15.8. The fraction of sp³-hybridized carbons (Fsp3) is 0.217. The van der Waals surface area contributed by atoms with E-state index < -0.39 is 30.4 Å². The fourth-order valence-corrected chi connectivity index (χ4v) is 3.49. The lowest BCUT2D eigenvalue weighted by Crippen LogP contribution is -2.38. The van der Waals surface area contributed by atoms with Crippen molar-refractivity contribution in [2.45, 2.75) is 13.3 Å². The molecular formula is C23H22BrN3O6. The van der Waals surface area contributed by atoms with Gasteiger partial charge in [-0.25, -0.2) is 14.5 Å². The molecule has 1 aliphatic rings. The topological polar surface area (TPSA) is 114 Å². The Labute approximate surface area is 198 Å². The summed E-state index contributed by atoms with van der Waals surface area (Å²) in [5, 5.41) is 5.21. The Balaban J connectivity index is 1.75. The number of esters is 1. The number of carbonyl (C=O) groups is 4. The molecule has 9 nitrogen and oxygen atoms in total. The summed E-state index contributed by atoms with van der Waals surface area (Å²) in [5.41, 5.74) is 2.00. The largest absolute Gasteiger partial charge is 0.481 e. The van der Waals surface area contributed by atoms with E-state index in [1.165, 1.54) is 13.2 Å². The van der Waals surface area contributed by atoms with Crippen LogP contribution in [0.3, 0.4) is 0 Å². The van der Waals surface area contributed by atoms with Crippen molar-refractivity contribution in [1.29, 1.82) is 0 Å². The molecule has 0 aromatic heterocycles. The zero-order valence-corrected chi connectivity index (χ0v) is 19.6. The molecule has 0 bridgehead atoms. The van der Waals surface area contributed by atoms with Crippen LogP contribution < -0.4 is 15.4 Å². The Bertz CT molecular complexity index is 1130. The molecule has 2 N–H and O–H groups in total. The van der Waals surface area contributed by atoms with Gasteiger partial charge in [-0.3, -0.25) is 9.59 Å². The molecule has 3 rings (SSSR count). The van der Waals surface area contributed by atoms with E-state index in [-0.39, 0.29) is 12.3 Å². The van der Waals surface area contributed by atoms with Crippen LogP contribution >= 0.6 is 15.9 Å². The number of urea groups is 1. The molecule has 0 atom stereocenters. The second-order valence-electron chi connectivity index (χ2n) is 6.99. The van der Waals surface area contributed by atoms with Gasteiger partial charge in [-0.05, 0) is 42.3 Å². The van der Waals surface area contributed by atoms with Gasteiger partial charge in [0.25, 0.3) is 5.91 Å². The van der Waals surface area contributed by atoms with E-state index in [1.54, 1.807) is 30.3 Å². The van der Waals surface area contributed by atoms with Gasteiger partial charge in [0.1, 0.15) is 18.0 Å². The standard InChI is InChI=1S/C23H22BrN3O6/c1-3-14-6-4-5-7-17(14)25-20(28)12-27-22(30)18(26-23(27)31)11-15-10-16(24)8-9-19(15)33-13-21(29)32-2/h4-11H,3,12-13H2,1-2H3,(H,25,28)(H,26,31)/b18-11+. The van der Waals surface area contributed by atoms with Gasteiger partial charge in [-0.1, -0.05) is 41.1 Å². The smallest absolute Gasteiger partial charge is 0.343 e. The molecule has 1 saturated heterocycles. The van der Waals surface area contributed by atoms with Crippen LogP contribution in [0.5, 0.6) is 5.75 Å². The minimum atomic E-state index is -0.711. The van der Waals surface area contributed by atoms with Gasteiger partial charge in [-0.15, -0.1) is 0 Å². The number of hydrogen-bond donors (Lipinski definition) is 2. The summed E-state index contributed by atoms with van der Waals surface area (Å²) in [6.45, 7) is 1.20. The quantitative estimate of drug-likeness (QED) is 0.317. The number of nitrogens with zero attached hydrogens (tertiary/aromatic N) is 1. The van der Waals surface area contributed by atoms with Crippen LogP contribution in [0.2, 0.25) is 0 Å². The third-order valence-corrected chi connectivity index (χ3v) is 5.27. The normalized spacial score (nSPS) is 14.3. The Kier molecular flexibility index (Phi) is 7.83. The lowest BCUT2D eigenvalue weighted by molar-refractivity contribution is -0.142. The Morgan fingerprint density at radius 3 is 2.67 bits per heavy atom. The summed E-state index contributed by atoms with van der Waals surface area (Å²) < 4.78 is 10.7. The predicted octanol–water partition coefficient (Wildman–Crippen LogP) is 3.09. The van der Waals surface area contributed by atoms with E-state index in [0.29, 0.717) is 21.5 Å². The van der Waals surface area contributed by atoms with Crippen LogP contribution in [0.15, 0.2) is 52.6 Å². The van der Waals surface area contributed by atoms with Crippen LogP contribution in [0, 0.1) is 0 Å². The minimum Gasteiger partial charge on any atom is -0.481 e. The van der Waals surface area contributed by atoms with Crippen LogP contribution in [-0.2, 0) is 25.5 Å². The average Bonchev–Trinajstić information content (AvgIpc) is 3.05. The molecule has 0 saturated carbocycles. The Morgan fingerprint density at radius 2 is 1.94 bits per heavy atom. The lowest BCUT2D eigenvalue weighted by Gasteiger charge is -2.13. The molecule has 172 valence electrons. The molecule has 1 aliphatic heterocycles. The average molecular weight is 516 g/mol. The van der Waals surface area contributed by atoms with E-state index in [9.17, 15) is 19.2 Å². The number of methoxy groups -OCH3 is 1. The second kappa shape index (κ2) is 10.8. The molecule has 0 aliphatic carbocycles. The number of hydrogen-bond acceptors (Lipinski definition) is 6. The molecule has 0 unspecified atom stereocenters. The van der Waals surface area contributed by atoms with Crippen molar-refractivity contribution in [1.82, 2.24) is 10.2 Å². The van der Waals surface area contributed by atoms with E-state index in [2.05, 4.69) is 31.3 Å². The molecule has 1 heterocycles. The number of nitrogens with one attached hydrogen (secondary N) is 2. The molecule has 1 fully saturated rings. The van der Waals surface area contributed by atoms with Crippen LogP contribution in [-0.4, -0.2) is 49.0 Å². The second-order valence-corrected chi connectivity index (χ2v) is 7.90. The van der Waals surface area contributed by atoms with Crippen molar-refractivity contribution in [2.75, 3.05) is 25.6 Å². The lowest BCUT2D eigenvalue weighted by atomic mass is 10.1. The number of benzene rings is 2. The molecule has 0 spiro atoms. The fourth-order valence-electron chi connectivity index (χ4n) is 3.11. The summed E-state index contributed by atoms with van der Waals surface area (Å²) >= 11 is 3.34. The van der Waals surface area contributed by atoms with E-state index >= 15 is 0 Å². The van der Waals surface area contributed by atoms with Crippen LogP contribution in [0.4, 0.5) is 10.5 Å². The minimum absolute atomic E-state index is 0.0252.